The number of ether oxygens (including phenoxy) is 2. The Morgan fingerprint density at radius 1 is 1.00 bits per heavy atom. The molecule has 0 heterocycles. The molecular formula is C17H26O2. The van der Waals surface area contributed by atoms with Gasteiger partial charge in [0.05, 0.1) is 14.2 Å². The van der Waals surface area contributed by atoms with Gasteiger partial charge in [0.15, 0.2) is 0 Å². The van der Waals surface area contributed by atoms with Crippen molar-refractivity contribution in [3.8, 4) is 0 Å². The van der Waals surface area contributed by atoms with E-state index in [4.69, 9.17) is 9.47 Å². The first-order valence-electron chi connectivity index (χ1n) is 6.53. The number of rotatable bonds is 8. The average molecular weight is 262 g/mol. The summed E-state index contributed by atoms with van der Waals surface area (Å²) in [4.78, 5) is 0. The van der Waals surface area contributed by atoms with E-state index in [2.05, 4.69) is 19.6 Å². The van der Waals surface area contributed by atoms with Crippen LogP contribution in [0.15, 0.2) is 60.1 Å². The van der Waals surface area contributed by atoms with Crippen LogP contribution in [0.2, 0.25) is 0 Å². The van der Waals surface area contributed by atoms with Gasteiger partial charge in [-0.3, -0.25) is 0 Å². The van der Waals surface area contributed by atoms with Crippen molar-refractivity contribution in [2.45, 2.75) is 27.2 Å². The van der Waals surface area contributed by atoms with Crippen molar-refractivity contribution >= 4 is 0 Å². The van der Waals surface area contributed by atoms with Gasteiger partial charge in [-0.25, -0.2) is 0 Å². The van der Waals surface area contributed by atoms with Crippen molar-refractivity contribution in [3.63, 3.8) is 0 Å². The van der Waals surface area contributed by atoms with Gasteiger partial charge < -0.3 is 9.47 Å². The number of allylic oxidation sites excluding steroid dienone is 7. The highest BCUT2D eigenvalue weighted by atomic mass is 16.5. The summed E-state index contributed by atoms with van der Waals surface area (Å²) in [6.45, 7) is 10.1. The van der Waals surface area contributed by atoms with Gasteiger partial charge in [-0.1, -0.05) is 31.2 Å². The molecule has 0 rings (SSSR count). The zero-order chi connectivity index (χ0) is 14.7. The molecule has 1 atom stereocenters. The Kier molecular flexibility index (Phi) is 9.33. The second kappa shape index (κ2) is 10.2. The van der Waals surface area contributed by atoms with Gasteiger partial charge in [-0.2, -0.15) is 0 Å². The summed E-state index contributed by atoms with van der Waals surface area (Å²) in [6.07, 6.45) is 12.8. The SMILES string of the molecule is C=C(/C=C\C(=C/C)OC)C(C)C/C=C\C(=C/C)OC. The maximum Gasteiger partial charge on any atom is 0.114 e. The molecule has 0 aliphatic carbocycles. The maximum atomic E-state index is 5.17. The molecule has 0 aromatic heterocycles. The second-order valence-corrected chi connectivity index (χ2v) is 4.24. The molecule has 0 aliphatic rings. The highest BCUT2D eigenvalue weighted by Crippen LogP contribution is 2.16. The second-order valence-electron chi connectivity index (χ2n) is 4.24. The fraction of sp³-hybridized carbons (Fsp3) is 0.412. The third-order valence-electron chi connectivity index (χ3n) is 2.91. The van der Waals surface area contributed by atoms with Crippen LogP contribution in [0.1, 0.15) is 27.2 Å². The van der Waals surface area contributed by atoms with Crippen LogP contribution in [-0.4, -0.2) is 14.2 Å². The molecule has 0 saturated heterocycles. The van der Waals surface area contributed by atoms with E-state index in [1.165, 1.54) is 0 Å². The first kappa shape index (κ1) is 17.3. The van der Waals surface area contributed by atoms with Crippen molar-refractivity contribution < 1.29 is 9.47 Å². The summed E-state index contributed by atoms with van der Waals surface area (Å²) < 4.78 is 10.3. The predicted molar refractivity (Wildman–Crippen MR) is 82.7 cm³/mol. The Balaban J connectivity index is 4.36. The molecular weight excluding hydrogens is 236 g/mol. The minimum Gasteiger partial charge on any atom is -0.497 e. The largest absolute Gasteiger partial charge is 0.497 e. The highest BCUT2D eigenvalue weighted by Gasteiger charge is 2.02. The van der Waals surface area contributed by atoms with Gasteiger partial charge in [0.2, 0.25) is 0 Å². The molecule has 106 valence electrons. The van der Waals surface area contributed by atoms with Gasteiger partial charge >= 0.3 is 0 Å². The average Bonchev–Trinajstić information content (AvgIpc) is 2.44. The molecule has 0 aliphatic heterocycles. The van der Waals surface area contributed by atoms with Gasteiger partial charge in [-0.05, 0) is 50.5 Å². The zero-order valence-electron chi connectivity index (χ0n) is 12.8. The first-order valence-corrected chi connectivity index (χ1v) is 6.53. The lowest BCUT2D eigenvalue weighted by Gasteiger charge is -2.09. The van der Waals surface area contributed by atoms with E-state index in [0.717, 1.165) is 23.5 Å². The molecule has 0 aromatic carbocycles. The highest BCUT2D eigenvalue weighted by molar-refractivity contribution is 5.25. The van der Waals surface area contributed by atoms with E-state index >= 15 is 0 Å². The Bertz CT molecular complexity index is 384. The van der Waals surface area contributed by atoms with Crippen LogP contribution in [0, 0.1) is 5.92 Å². The lowest BCUT2D eigenvalue weighted by Crippen LogP contribution is -1.94. The van der Waals surface area contributed by atoms with Crippen LogP contribution in [-0.2, 0) is 9.47 Å². The topological polar surface area (TPSA) is 18.5 Å². The predicted octanol–water partition coefficient (Wildman–Crippen LogP) is 4.78. The molecule has 1 unspecified atom stereocenters. The molecule has 0 bridgehead atoms. The van der Waals surface area contributed by atoms with Crippen molar-refractivity contribution in [3.05, 3.63) is 60.1 Å². The van der Waals surface area contributed by atoms with Crippen molar-refractivity contribution in [2.75, 3.05) is 14.2 Å². The summed E-state index contributed by atoms with van der Waals surface area (Å²) in [7, 11) is 3.34. The normalized spacial score (nSPS) is 15.0. The fourth-order valence-electron chi connectivity index (χ4n) is 1.46. The van der Waals surface area contributed by atoms with Gasteiger partial charge in [0, 0.05) is 0 Å². The summed E-state index contributed by atoms with van der Waals surface area (Å²) in [5.41, 5.74) is 1.08. The van der Waals surface area contributed by atoms with Crippen LogP contribution in [0.25, 0.3) is 0 Å². The Morgan fingerprint density at radius 3 is 2.00 bits per heavy atom. The summed E-state index contributed by atoms with van der Waals surface area (Å²) in [5, 5.41) is 0. The Hall–Kier alpha value is -1.70. The monoisotopic (exact) mass is 262 g/mol. The Labute approximate surface area is 117 Å². The number of hydrogen-bond acceptors (Lipinski definition) is 2. The molecule has 0 radical (unpaired) electrons. The molecule has 0 spiro atoms. The van der Waals surface area contributed by atoms with Crippen molar-refractivity contribution in [1.29, 1.82) is 0 Å². The summed E-state index contributed by atoms with van der Waals surface area (Å²) in [6, 6.07) is 0. The molecule has 0 saturated carbocycles. The van der Waals surface area contributed by atoms with E-state index in [0.29, 0.717) is 5.92 Å². The molecule has 0 aromatic rings. The first-order chi connectivity index (χ1) is 9.08. The lowest BCUT2D eigenvalue weighted by atomic mass is 9.98. The molecule has 0 fully saturated rings. The summed E-state index contributed by atoms with van der Waals surface area (Å²) >= 11 is 0. The fourth-order valence-corrected chi connectivity index (χ4v) is 1.46. The van der Waals surface area contributed by atoms with E-state index in [1.807, 2.05) is 44.2 Å². The van der Waals surface area contributed by atoms with Crippen molar-refractivity contribution in [1.82, 2.24) is 0 Å². The van der Waals surface area contributed by atoms with Crippen LogP contribution in [0.3, 0.4) is 0 Å². The van der Waals surface area contributed by atoms with Crippen molar-refractivity contribution in [2.24, 2.45) is 5.92 Å². The number of hydrogen-bond donors (Lipinski definition) is 0. The maximum absolute atomic E-state index is 5.17. The van der Waals surface area contributed by atoms with Gasteiger partial charge in [0.25, 0.3) is 0 Å². The van der Waals surface area contributed by atoms with Gasteiger partial charge in [-0.15, -0.1) is 0 Å². The molecule has 19 heavy (non-hydrogen) atoms. The Morgan fingerprint density at radius 2 is 1.53 bits per heavy atom. The third kappa shape index (κ3) is 7.35. The van der Waals surface area contributed by atoms with Crippen LogP contribution >= 0.6 is 0 Å². The zero-order valence-corrected chi connectivity index (χ0v) is 12.8. The molecule has 0 N–H and O–H groups in total. The van der Waals surface area contributed by atoms with Crippen LogP contribution in [0.5, 0.6) is 0 Å². The van der Waals surface area contributed by atoms with Gasteiger partial charge in [0.1, 0.15) is 11.5 Å². The smallest absolute Gasteiger partial charge is 0.114 e. The van der Waals surface area contributed by atoms with Crippen LogP contribution < -0.4 is 0 Å². The third-order valence-corrected chi connectivity index (χ3v) is 2.91. The van der Waals surface area contributed by atoms with Crippen LogP contribution in [0.4, 0.5) is 0 Å². The summed E-state index contributed by atoms with van der Waals surface area (Å²) in [5.74, 6) is 2.11. The standard InChI is InChI=1S/C17H26O2/c1-7-16(18-5)11-9-10-14(3)15(4)12-13-17(8-2)19-6/h7-9,11-14H,4,10H2,1-3,5-6H3/b11-9-,13-12-,16-7+,17-8+. The minimum atomic E-state index is 0.387. The minimum absolute atomic E-state index is 0.387. The quantitative estimate of drug-likeness (QED) is 0.463. The van der Waals surface area contributed by atoms with E-state index in [1.54, 1.807) is 14.2 Å². The molecule has 2 heteroatoms. The molecule has 0 amide bonds. The lowest BCUT2D eigenvalue weighted by molar-refractivity contribution is 0.306. The van der Waals surface area contributed by atoms with E-state index in [9.17, 15) is 0 Å². The number of methoxy groups -OCH3 is 2. The van der Waals surface area contributed by atoms with E-state index < -0.39 is 0 Å². The van der Waals surface area contributed by atoms with E-state index in [-0.39, 0.29) is 0 Å². The molecule has 2 nitrogen and oxygen atoms in total.